The summed E-state index contributed by atoms with van der Waals surface area (Å²) in [7, 11) is 0. The molecule has 0 fully saturated rings. The zero-order valence-electron chi connectivity index (χ0n) is 10.2. The van der Waals surface area contributed by atoms with Gasteiger partial charge >= 0.3 is 0 Å². The Labute approximate surface area is 105 Å². The molecule has 0 radical (unpaired) electrons. The maximum atomic E-state index is 2.26. The van der Waals surface area contributed by atoms with Crippen LogP contribution in [-0.2, 0) is 0 Å². The molecule has 0 heteroatoms. The van der Waals surface area contributed by atoms with Gasteiger partial charge in [-0.15, -0.1) is 0 Å². The minimum atomic E-state index is 0. The normalized spacial score (nSPS) is 10.1. The Hall–Kier alpha value is -1.56. The maximum Gasteiger partial charge on any atom is 0.00610 e. The highest BCUT2D eigenvalue weighted by Gasteiger charge is 2.07. The van der Waals surface area contributed by atoms with Crippen molar-refractivity contribution in [2.45, 2.75) is 34.1 Å². The van der Waals surface area contributed by atoms with Crippen LogP contribution in [0.15, 0.2) is 48.5 Å². The first kappa shape index (κ1) is 13.5. The van der Waals surface area contributed by atoms with E-state index in [0.717, 1.165) is 0 Å². The number of hydrogen-bond donors (Lipinski definition) is 0. The third kappa shape index (κ3) is 3.20. The fraction of sp³-hybridized carbons (Fsp3) is 0.294. The summed E-state index contributed by atoms with van der Waals surface area (Å²) in [5.74, 6) is 0.473. The van der Waals surface area contributed by atoms with Gasteiger partial charge in [0.2, 0.25) is 0 Å². The van der Waals surface area contributed by atoms with Crippen molar-refractivity contribution in [1.29, 1.82) is 0 Å². The SMILES string of the molecule is C.Cc1ccc(C(C)c2ccc(C)cc2)cc1. The minimum absolute atomic E-state index is 0. The van der Waals surface area contributed by atoms with E-state index >= 15 is 0 Å². The Bertz CT molecular complexity index is 403. The molecule has 0 saturated heterocycles. The molecule has 0 spiro atoms. The fourth-order valence-electron chi connectivity index (χ4n) is 1.90. The second-order valence-electron chi connectivity index (χ2n) is 4.54. The summed E-state index contributed by atoms with van der Waals surface area (Å²) in [6.45, 7) is 6.51. The van der Waals surface area contributed by atoms with Gasteiger partial charge in [0.15, 0.2) is 0 Å². The summed E-state index contributed by atoms with van der Waals surface area (Å²) in [6.07, 6.45) is 0. The molecule has 0 atom stereocenters. The average Bonchev–Trinajstić information content (AvgIpc) is 2.30. The third-order valence-electron chi connectivity index (χ3n) is 3.15. The highest BCUT2D eigenvalue weighted by atomic mass is 14.1. The van der Waals surface area contributed by atoms with Crippen molar-refractivity contribution < 1.29 is 0 Å². The van der Waals surface area contributed by atoms with Crippen LogP contribution < -0.4 is 0 Å². The van der Waals surface area contributed by atoms with Gasteiger partial charge in [0.05, 0.1) is 0 Å². The van der Waals surface area contributed by atoms with Crippen LogP contribution in [0.25, 0.3) is 0 Å². The van der Waals surface area contributed by atoms with Crippen molar-refractivity contribution in [2.24, 2.45) is 0 Å². The predicted octanol–water partition coefficient (Wildman–Crippen LogP) is 5.09. The lowest BCUT2D eigenvalue weighted by Gasteiger charge is -2.12. The van der Waals surface area contributed by atoms with Gasteiger partial charge in [0, 0.05) is 5.92 Å². The second-order valence-corrected chi connectivity index (χ2v) is 4.54. The van der Waals surface area contributed by atoms with Gasteiger partial charge in [-0.2, -0.15) is 0 Å². The first-order chi connectivity index (χ1) is 7.66. The van der Waals surface area contributed by atoms with Gasteiger partial charge in [-0.05, 0) is 25.0 Å². The molecule has 2 aromatic rings. The molecule has 0 aromatic heterocycles. The smallest absolute Gasteiger partial charge is 0.00610 e. The van der Waals surface area contributed by atoms with Crippen LogP contribution in [0.5, 0.6) is 0 Å². The molecular weight excluding hydrogens is 204 g/mol. The second kappa shape index (κ2) is 5.67. The van der Waals surface area contributed by atoms with Gasteiger partial charge in [0.1, 0.15) is 0 Å². The highest BCUT2D eigenvalue weighted by Crippen LogP contribution is 2.24. The zero-order valence-corrected chi connectivity index (χ0v) is 10.2. The monoisotopic (exact) mass is 226 g/mol. The van der Waals surface area contributed by atoms with Gasteiger partial charge in [0.25, 0.3) is 0 Å². The Morgan fingerprint density at radius 2 is 0.941 bits per heavy atom. The Kier molecular flexibility index (Phi) is 4.51. The van der Waals surface area contributed by atoms with Crippen molar-refractivity contribution in [3.63, 3.8) is 0 Å². The van der Waals surface area contributed by atoms with E-state index in [1.54, 1.807) is 0 Å². The molecular formula is C17H22. The van der Waals surface area contributed by atoms with Crippen LogP contribution in [0.2, 0.25) is 0 Å². The van der Waals surface area contributed by atoms with E-state index in [2.05, 4.69) is 69.3 Å². The summed E-state index contributed by atoms with van der Waals surface area (Å²) in [5.41, 5.74) is 5.41. The van der Waals surface area contributed by atoms with Gasteiger partial charge in [-0.1, -0.05) is 74.0 Å². The molecule has 0 saturated carbocycles. The van der Waals surface area contributed by atoms with E-state index < -0.39 is 0 Å². The molecule has 0 N–H and O–H groups in total. The largest absolute Gasteiger partial charge is 0.0776 e. The van der Waals surface area contributed by atoms with Crippen LogP contribution in [0.4, 0.5) is 0 Å². The molecule has 17 heavy (non-hydrogen) atoms. The molecule has 2 rings (SSSR count). The highest BCUT2D eigenvalue weighted by molar-refractivity contribution is 5.34. The van der Waals surface area contributed by atoms with Gasteiger partial charge in [-0.3, -0.25) is 0 Å². The standard InChI is InChI=1S/C16H18.CH4/c1-12-4-8-15(9-5-12)14(3)16-10-6-13(2)7-11-16;/h4-11,14H,1-3H3;1H4. The average molecular weight is 226 g/mol. The van der Waals surface area contributed by atoms with Crippen molar-refractivity contribution in [1.82, 2.24) is 0 Å². The van der Waals surface area contributed by atoms with Gasteiger partial charge < -0.3 is 0 Å². The zero-order chi connectivity index (χ0) is 11.5. The van der Waals surface area contributed by atoms with Crippen LogP contribution in [0.1, 0.15) is 42.5 Å². The Balaban J connectivity index is 0.00000144. The molecule has 2 aromatic carbocycles. The van der Waals surface area contributed by atoms with E-state index in [1.807, 2.05) is 0 Å². The molecule has 0 bridgehead atoms. The summed E-state index contributed by atoms with van der Waals surface area (Å²) in [6, 6.07) is 17.6. The quantitative estimate of drug-likeness (QED) is 0.669. The Morgan fingerprint density at radius 3 is 1.24 bits per heavy atom. The van der Waals surface area contributed by atoms with Crippen molar-refractivity contribution in [2.75, 3.05) is 0 Å². The molecule has 0 amide bonds. The maximum absolute atomic E-state index is 2.26. The van der Waals surface area contributed by atoms with E-state index in [9.17, 15) is 0 Å². The summed E-state index contributed by atoms with van der Waals surface area (Å²) in [5, 5.41) is 0. The minimum Gasteiger partial charge on any atom is -0.0776 e. The molecule has 0 aliphatic rings. The van der Waals surface area contributed by atoms with E-state index in [-0.39, 0.29) is 7.43 Å². The molecule has 90 valence electrons. The lowest BCUT2D eigenvalue weighted by atomic mass is 9.92. The van der Waals surface area contributed by atoms with Crippen LogP contribution in [0, 0.1) is 13.8 Å². The summed E-state index contributed by atoms with van der Waals surface area (Å²) >= 11 is 0. The fourth-order valence-corrected chi connectivity index (χ4v) is 1.90. The molecule has 0 unspecified atom stereocenters. The van der Waals surface area contributed by atoms with Crippen LogP contribution >= 0.6 is 0 Å². The van der Waals surface area contributed by atoms with E-state index in [4.69, 9.17) is 0 Å². The number of hydrogen-bond acceptors (Lipinski definition) is 0. The topological polar surface area (TPSA) is 0 Å². The first-order valence-corrected chi connectivity index (χ1v) is 5.80. The predicted molar refractivity (Wildman–Crippen MR) is 76.6 cm³/mol. The molecule has 0 heterocycles. The van der Waals surface area contributed by atoms with Crippen molar-refractivity contribution >= 4 is 0 Å². The number of benzene rings is 2. The Morgan fingerprint density at radius 1 is 0.647 bits per heavy atom. The molecule has 0 aliphatic heterocycles. The lowest BCUT2D eigenvalue weighted by Crippen LogP contribution is -1.95. The van der Waals surface area contributed by atoms with E-state index in [1.165, 1.54) is 22.3 Å². The summed E-state index contributed by atoms with van der Waals surface area (Å²) < 4.78 is 0. The molecule has 0 nitrogen and oxygen atoms in total. The third-order valence-corrected chi connectivity index (χ3v) is 3.15. The van der Waals surface area contributed by atoms with Gasteiger partial charge in [-0.25, -0.2) is 0 Å². The van der Waals surface area contributed by atoms with Crippen molar-refractivity contribution in [3.8, 4) is 0 Å². The summed E-state index contributed by atoms with van der Waals surface area (Å²) in [4.78, 5) is 0. The first-order valence-electron chi connectivity index (χ1n) is 5.80. The van der Waals surface area contributed by atoms with Crippen molar-refractivity contribution in [3.05, 3.63) is 70.8 Å². The number of aryl methyl sites for hydroxylation is 2. The molecule has 0 aliphatic carbocycles. The van der Waals surface area contributed by atoms with Crippen LogP contribution in [-0.4, -0.2) is 0 Å². The van der Waals surface area contributed by atoms with E-state index in [0.29, 0.717) is 5.92 Å². The lowest BCUT2D eigenvalue weighted by molar-refractivity contribution is 0.920. The van der Waals surface area contributed by atoms with Crippen LogP contribution in [0.3, 0.4) is 0 Å². The number of rotatable bonds is 2.